The molecule has 0 rings (SSSR count). The van der Waals surface area contributed by atoms with Gasteiger partial charge in [-0.3, -0.25) is 0 Å². The average molecular weight is 215 g/mol. The van der Waals surface area contributed by atoms with E-state index in [0.717, 1.165) is 0 Å². The predicted octanol–water partition coefficient (Wildman–Crippen LogP) is 1.54. The fourth-order valence-electron chi connectivity index (χ4n) is 0.903. The van der Waals surface area contributed by atoms with Crippen molar-refractivity contribution in [3.8, 4) is 0 Å². The smallest absolute Gasteiger partial charge is 0.405 e. The molecular formula is C10H17NO4. The van der Waals surface area contributed by atoms with Crippen LogP contribution in [-0.2, 0) is 9.53 Å². The summed E-state index contributed by atoms with van der Waals surface area (Å²) in [6, 6.07) is -0.890. The van der Waals surface area contributed by atoms with Crippen molar-refractivity contribution in [1.82, 2.24) is 5.32 Å². The SMILES string of the molecule is C=CC[C@@H](NC(=O)O)C(=O)OC(C)(C)C. The lowest BCUT2D eigenvalue weighted by Crippen LogP contribution is -2.43. The van der Waals surface area contributed by atoms with Crippen molar-refractivity contribution in [3.05, 3.63) is 12.7 Å². The largest absolute Gasteiger partial charge is 0.465 e. The quantitative estimate of drug-likeness (QED) is 0.551. The number of esters is 1. The Kier molecular flexibility index (Phi) is 4.84. The summed E-state index contributed by atoms with van der Waals surface area (Å²) in [5.74, 6) is -0.593. The number of hydrogen-bond donors (Lipinski definition) is 2. The van der Waals surface area contributed by atoms with Crippen LogP contribution >= 0.6 is 0 Å². The van der Waals surface area contributed by atoms with Crippen LogP contribution in [0.5, 0.6) is 0 Å². The molecule has 86 valence electrons. The van der Waals surface area contributed by atoms with Gasteiger partial charge in [-0.2, -0.15) is 0 Å². The van der Waals surface area contributed by atoms with Crippen LogP contribution in [0.3, 0.4) is 0 Å². The minimum atomic E-state index is -1.26. The number of ether oxygens (including phenoxy) is 1. The van der Waals surface area contributed by atoms with Crippen LogP contribution in [0.2, 0.25) is 0 Å². The third-order valence-electron chi connectivity index (χ3n) is 1.39. The van der Waals surface area contributed by atoms with Crippen LogP contribution in [-0.4, -0.2) is 28.8 Å². The first-order valence-corrected chi connectivity index (χ1v) is 4.59. The Bertz CT molecular complexity index is 255. The summed E-state index contributed by atoms with van der Waals surface area (Å²) in [7, 11) is 0. The molecule has 0 saturated heterocycles. The molecule has 0 aliphatic carbocycles. The summed E-state index contributed by atoms with van der Waals surface area (Å²) in [6.07, 6.45) is 0.416. The number of nitrogens with one attached hydrogen (secondary N) is 1. The molecule has 0 bridgehead atoms. The topological polar surface area (TPSA) is 75.6 Å². The van der Waals surface area contributed by atoms with E-state index < -0.39 is 23.7 Å². The van der Waals surface area contributed by atoms with Crippen molar-refractivity contribution in [2.24, 2.45) is 0 Å². The van der Waals surface area contributed by atoms with E-state index in [4.69, 9.17) is 9.84 Å². The molecule has 0 saturated carbocycles. The monoisotopic (exact) mass is 215 g/mol. The van der Waals surface area contributed by atoms with E-state index in [9.17, 15) is 9.59 Å². The number of hydrogen-bond acceptors (Lipinski definition) is 3. The Hall–Kier alpha value is -1.52. The number of amides is 1. The van der Waals surface area contributed by atoms with E-state index in [1.807, 2.05) is 0 Å². The van der Waals surface area contributed by atoms with Crippen molar-refractivity contribution >= 4 is 12.1 Å². The third-order valence-corrected chi connectivity index (χ3v) is 1.39. The van der Waals surface area contributed by atoms with E-state index in [2.05, 4.69) is 11.9 Å². The van der Waals surface area contributed by atoms with E-state index in [-0.39, 0.29) is 6.42 Å². The fourth-order valence-corrected chi connectivity index (χ4v) is 0.903. The van der Waals surface area contributed by atoms with Crippen molar-refractivity contribution < 1.29 is 19.4 Å². The highest BCUT2D eigenvalue weighted by Gasteiger charge is 2.25. The number of carbonyl (C=O) groups is 2. The van der Waals surface area contributed by atoms with Gasteiger partial charge in [0.1, 0.15) is 11.6 Å². The Morgan fingerprint density at radius 3 is 2.40 bits per heavy atom. The van der Waals surface area contributed by atoms with Crippen LogP contribution in [0.1, 0.15) is 27.2 Å². The summed E-state index contributed by atoms with van der Waals surface area (Å²) < 4.78 is 5.04. The molecule has 5 nitrogen and oxygen atoms in total. The molecule has 0 spiro atoms. The minimum absolute atomic E-state index is 0.210. The second-order valence-corrected chi connectivity index (χ2v) is 4.06. The molecule has 0 radical (unpaired) electrons. The molecular weight excluding hydrogens is 198 g/mol. The molecule has 0 heterocycles. The van der Waals surface area contributed by atoms with Crippen LogP contribution in [0, 0.1) is 0 Å². The zero-order chi connectivity index (χ0) is 12.1. The molecule has 0 aliphatic heterocycles. The summed E-state index contributed by atoms with van der Waals surface area (Å²) in [6.45, 7) is 8.60. The first kappa shape index (κ1) is 13.5. The van der Waals surface area contributed by atoms with Crippen LogP contribution in [0.25, 0.3) is 0 Å². The molecule has 0 aromatic heterocycles. The summed E-state index contributed by atoms with van der Waals surface area (Å²) in [5, 5.41) is 10.6. The van der Waals surface area contributed by atoms with Crippen LogP contribution < -0.4 is 5.32 Å². The first-order chi connectivity index (χ1) is 6.76. The van der Waals surface area contributed by atoms with Gasteiger partial charge in [-0.25, -0.2) is 9.59 Å². The van der Waals surface area contributed by atoms with Crippen molar-refractivity contribution in [3.63, 3.8) is 0 Å². The predicted molar refractivity (Wildman–Crippen MR) is 55.6 cm³/mol. The van der Waals surface area contributed by atoms with Gasteiger partial charge >= 0.3 is 12.1 Å². The zero-order valence-electron chi connectivity index (χ0n) is 9.24. The van der Waals surface area contributed by atoms with Gasteiger partial charge in [0.15, 0.2) is 0 Å². The van der Waals surface area contributed by atoms with Crippen LogP contribution in [0.4, 0.5) is 4.79 Å². The number of carbonyl (C=O) groups excluding carboxylic acids is 1. The molecule has 0 aliphatic rings. The van der Waals surface area contributed by atoms with Gasteiger partial charge in [0.05, 0.1) is 0 Å². The van der Waals surface area contributed by atoms with Gasteiger partial charge in [0.25, 0.3) is 0 Å². The molecule has 0 aromatic rings. The lowest BCUT2D eigenvalue weighted by molar-refractivity contribution is -0.157. The van der Waals surface area contributed by atoms with Gasteiger partial charge in [-0.05, 0) is 27.2 Å². The highest BCUT2D eigenvalue weighted by atomic mass is 16.6. The van der Waals surface area contributed by atoms with Gasteiger partial charge in [-0.15, -0.1) is 6.58 Å². The van der Waals surface area contributed by atoms with Crippen LogP contribution in [0.15, 0.2) is 12.7 Å². The Morgan fingerprint density at radius 2 is 2.07 bits per heavy atom. The van der Waals surface area contributed by atoms with Crippen molar-refractivity contribution in [2.45, 2.75) is 38.8 Å². The van der Waals surface area contributed by atoms with Crippen molar-refractivity contribution in [1.29, 1.82) is 0 Å². The van der Waals surface area contributed by atoms with Gasteiger partial charge in [-0.1, -0.05) is 6.08 Å². The molecule has 0 unspecified atom stereocenters. The third kappa shape index (κ3) is 6.54. The molecule has 0 aromatic carbocycles. The standard InChI is InChI=1S/C10H17NO4/c1-5-6-7(11-9(13)14)8(12)15-10(2,3)4/h5,7,11H,1,6H2,2-4H3,(H,13,14)/t7-/m1/s1. The van der Waals surface area contributed by atoms with Crippen molar-refractivity contribution in [2.75, 3.05) is 0 Å². The Labute approximate surface area is 89.1 Å². The zero-order valence-corrected chi connectivity index (χ0v) is 9.24. The van der Waals surface area contributed by atoms with E-state index in [1.165, 1.54) is 6.08 Å². The maximum atomic E-state index is 11.5. The van der Waals surface area contributed by atoms with E-state index in [0.29, 0.717) is 0 Å². The lowest BCUT2D eigenvalue weighted by Gasteiger charge is -2.23. The lowest BCUT2D eigenvalue weighted by atomic mass is 10.1. The molecule has 15 heavy (non-hydrogen) atoms. The van der Waals surface area contributed by atoms with Gasteiger partial charge in [0, 0.05) is 0 Å². The molecule has 0 fully saturated rings. The molecule has 2 N–H and O–H groups in total. The summed E-state index contributed by atoms with van der Waals surface area (Å²) >= 11 is 0. The highest BCUT2D eigenvalue weighted by molar-refractivity contribution is 5.81. The van der Waals surface area contributed by atoms with E-state index in [1.54, 1.807) is 20.8 Å². The molecule has 1 atom stereocenters. The fraction of sp³-hybridized carbons (Fsp3) is 0.600. The second kappa shape index (κ2) is 5.38. The molecule has 1 amide bonds. The van der Waals surface area contributed by atoms with E-state index >= 15 is 0 Å². The first-order valence-electron chi connectivity index (χ1n) is 4.59. The summed E-state index contributed by atoms with van der Waals surface area (Å²) in [4.78, 5) is 21.9. The summed E-state index contributed by atoms with van der Waals surface area (Å²) in [5.41, 5.74) is -0.628. The number of carboxylic acid groups (broad SMARTS) is 1. The van der Waals surface area contributed by atoms with Gasteiger partial charge in [0.2, 0.25) is 0 Å². The maximum Gasteiger partial charge on any atom is 0.405 e. The maximum absolute atomic E-state index is 11.5. The minimum Gasteiger partial charge on any atom is -0.465 e. The number of rotatable bonds is 4. The second-order valence-electron chi connectivity index (χ2n) is 4.06. The molecule has 5 heteroatoms. The highest BCUT2D eigenvalue weighted by Crippen LogP contribution is 2.09. The average Bonchev–Trinajstić information content (AvgIpc) is 1.99. The normalized spacial score (nSPS) is 12.7. The van der Waals surface area contributed by atoms with Gasteiger partial charge < -0.3 is 15.2 Å². The Morgan fingerprint density at radius 1 is 1.53 bits per heavy atom. The Balaban J connectivity index is 4.41.